The van der Waals surface area contributed by atoms with Crippen LogP contribution in [-0.2, 0) is 4.79 Å². The van der Waals surface area contributed by atoms with Gasteiger partial charge in [-0.15, -0.1) is 0 Å². The second-order valence-electron chi connectivity index (χ2n) is 3.58. The Morgan fingerprint density at radius 1 is 1.41 bits per heavy atom. The fraction of sp³-hybridized carbons (Fsp3) is 0.417. The minimum absolute atomic E-state index is 0.00335. The van der Waals surface area contributed by atoms with Crippen LogP contribution in [0.5, 0.6) is 5.75 Å². The quantitative estimate of drug-likeness (QED) is 0.745. The number of carbonyl (C=O) groups is 1. The first-order chi connectivity index (χ1) is 8.15. The Bertz CT molecular complexity index is 383. The summed E-state index contributed by atoms with van der Waals surface area (Å²) >= 11 is 0. The lowest BCUT2D eigenvalue weighted by molar-refractivity contribution is -0.120. The maximum Gasteiger partial charge on any atom is 0.219 e. The van der Waals surface area contributed by atoms with E-state index in [1.54, 1.807) is 13.1 Å². The van der Waals surface area contributed by atoms with E-state index in [2.05, 4.69) is 10.6 Å². The Hall–Kier alpha value is -1.78. The molecule has 17 heavy (non-hydrogen) atoms. The van der Waals surface area contributed by atoms with Gasteiger partial charge < -0.3 is 15.4 Å². The van der Waals surface area contributed by atoms with Gasteiger partial charge in [0.05, 0.1) is 7.11 Å². The molecule has 1 aromatic carbocycles. The van der Waals surface area contributed by atoms with Crippen LogP contribution in [0.3, 0.4) is 0 Å². The number of ether oxygens (including phenoxy) is 1. The highest BCUT2D eigenvalue weighted by Crippen LogP contribution is 2.19. The molecule has 0 aromatic heterocycles. The summed E-state index contributed by atoms with van der Waals surface area (Å²) in [6.07, 6.45) is 1.15. The predicted molar refractivity (Wildman–Crippen MR) is 64.7 cm³/mol. The molecule has 0 atom stereocenters. The van der Waals surface area contributed by atoms with E-state index >= 15 is 0 Å². The summed E-state index contributed by atoms with van der Waals surface area (Å²) in [5, 5.41) is 5.58. The van der Waals surface area contributed by atoms with Crippen LogP contribution in [-0.4, -0.2) is 26.6 Å². The number of hydrogen-bond donors (Lipinski definition) is 2. The number of benzene rings is 1. The Kier molecular flexibility index (Phi) is 5.26. The summed E-state index contributed by atoms with van der Waals surface area (Å²) in [5.41, 5.74) is 0.652. The summed E-state index contributed by atoms with van der Waals surface area (Å²) < 4.78 is 18.1. The van der Waals surface area contributed by atoms with Gasteiger partial charge in [0, 0.05) is 37.8 Å². The lowest BCUT2D eigenvalue weighted by Crippen LogP contribution is -2.18. The van der Waals surface area contributed by atoms with E-state index in [1.165, 1.54) is 19.2 Å². The molecule has 4 nitrogen and oxygen atoms in total. The number of hydrogen-bond acceptors (Lipinski definition) is 3. The summed E-state index contributed by atoms with van der Waals surface area (Å²) in [6, 6.07) is 4.42. The Labute approximate surface area is 100 Å². The zero-order chi connectivity index (χ0) is 12.7. The fourth-order valence-corrected chi connectivity index (χ4v) is 1.39. The van der Waals surface area contributed by atoms with Crippen LogP contribution in [0.2, 0.25) is 0 Å². The molecule has 0 unspecified atom stereocenters. The average Bonchev–Trinajstić information content (AvgIpc) is 2.33. The standard InChI is InChI=1S/C12H17FN2O2/c1-14-12(16)4-3-5-15-10-6-9(13)7-11(8-10)17-2/h6-8,15H,3-5H2,1-2H3,(H,14,16). The third-order valence-electron chi connectivity index (χ3n) is 2.30. The highest BCUT2D eigenvalue weighted by atomic mass is 19.1. The summed E-state index contributed by atoms with van der Waals surface area (Å²) in [6.45, 7) is 0.611. The first kappa shape index (κ1) is 13.3. The molecule has 0 fully saturated rings. The largest absolute Gasteiger partial charge is 0.497 e. The van der Waals surface area contributed by atoms with E-state index < -0.39 is 0 Å². The molecule has 0 radical (unpaired) electrons. The maximum atomic E-state index is 13.1. The zero-order valence-electron chi connectivity index (χ0n) is 10.0. The minimum Gasteiger partial charge on any atom is -0.497 e. The highest BCUT2D eigenvalue weighted by molar-refractivity contribution is 5.75. The molecule has 1 rings (SSSR count). The molecular weight excluding hydrogens is 223 g/mol. The van der Waals surface area contributed by atoms with Gasteiger partial charge in [-0.3, -0.25) is 4.79 Å². The number of anilines is 1. The number of halogens is 1. The smallest absolute Gasteiger partial charge is 0.219 e. The van der Waals surface area contributed by atoms with E-state index in [0.717, 1.165) is 0 Å². The molecule has 0 heterocycles. The van der Waals surface area contributed by atoms with Crippen molar-refractivity contribution in [3.05, 3.63) is 24.0 Å². The van der Waals surface area contributed by atoms with Crippen LogP contribution >= 0.6 is 0 Å². The first-order valence-corrected chi connectivity index (χ1v) is 5.44. The topological polar surface area (TPSA) is 50.4 Å². The molecule has 0 spiro atoms. The number of amides is 1. The van der Waals surface area contributed by atoms with E-state index in [-0.39, 0.29) is 11.7 Å². The van der Waals surface area contributed by atoms with Gasteiger partial charge in [-0.2, -0.15) is 0 Å². The van der Waals surface area contributed by atoms with Crippen LogP contribution in [0.25, 0.3) is 0 Å². The van der Waals surface area contributed by atoms with Crippen molar-refractivity contribution in [1.82, 2.24) is 5.32 Å². The van der Waals surface area contributed by atoms with Crippen LogP contribution in [0.4, 0.5) is 10.1 Å². The van der Waals surface area contributed by atoms with Crippen LogP contribution < -0.4 is 15.4 Å². The molecule has 0 aliphatic rings. The second-order valence-corrected chi connectivity index (χ2v) is 3.58. The molecule has 0 aliphatic heterocycles. The lowest BCUT2D eigenvalue weighted by Gasteiger charge is -2.08. The van der Waals surface area contributed by atoms with Gasteiger partial charge in [0.15, 0.2) is 0 Å². The normalized spacial score (nSPS) is 9.82. The third kappa shape index (κ3) is 4.72. The van der Waals surface area contributed by atoms with Crippen molar-refractivity contribution in [1.29, 1.82) is 0 Å². The molecule has 1 amide bonds. The van der Waals surface area contributed by atoms with Crippen molar-refractivity contribution in [3.8, 4) is 5.75 Å². The number of nitrogens with one attached hydrogen (secondary N) is 2. The minimum atomic E-state index is -0.349. The van der Waals surface area contributed by atoms with Gasteiger partial charge in [-0.25, -0.2) is 4.39 Å². The SMILES string of the molecule is CNC(=O)CCCNc1cc(F)cc(OC)c1. The molecular formula is C12H17FN2O2. The van der Waals surface area contributed by atoms with E-state index in [1.807, 2.05) is 0 Å². The lowest BCUT2D eigenvalue weighted by atomic mass is 10.2. The molecule has 5 heteroatoms. The fourth-order valence-electron chi connectivity index (χ4n) is 1.39. The van der Waals surface area contributed by atoms with Crippen molar-refractivity contribution in [2.24, 2.45) is 0 Å². The molecule has 0 aliphatic carbocycles. The maximum absolute atomic E-state index is 13.1. The Balaban J connectivity index is 2.41. The molecule has 1 aromatic rings. The summed E-state index contributed by atoms with van der Waals surface area (Å²) in [7, 11) is 3.09. The Morgan fingerprint density at radius 3 is 2.82 bits per heavy atom. The second kappa shape index (κ2) is 6.73. The van der Waals surface area contributed by atoms with Crippen molar-refractivity contribution < 1.29 is 13.9 Å². The molecule has 94 valence electrons. The Morgan fingerprint density at radius 2 is 2.18 bits per heavy atom. The third-order valence-corrected chi connectivity index (χ3v) is 2.30. The molecule has 0 saturated heterocycles. The molecule has 0 saturated carbocycles. The first-order valence-electron chi connectivity index (χ1n) is 5.44. The van der Waals surface area contributed by atoms with E-state index in [0.29, 0.717) is 30.8 Å². The van der Waals surface area contributed by atoms with Gasteiger partial charge in [0.25, 0.3) is 0 Å². The predicted octanol–water partition coefficient (Wildman–Crippen LogP) is 1.77. The van der Waals surface area contributed by atoms with Crippen LogP contribution in [0.15, 0.2) is 18.2 Å². The summed E-state index contributed by atoms with van der Waals surface area (Å²) in [5.74, 6) is 0.126. The van der Waals surface area contributed by atoms with Crippen molar-refractivity contribution in [2.45, 2.75) is 12.8 Å². The van der Waals surface area contributed by atoms with Crippen molar-refractivity contribution in [3.63, 3.8) is 0 Å². The number of methoxy groups -OCH3 is 1. The van der Waals surface area contributed by atoms with Gasteiger partial charge in [0.2, 0.25) is 5.91 Å². The van der Waals surface area contributed by atoms with Gasteiger partial charge in [-0.1, -0.05) is 0 Å². The number of carbonyl (C=O) groups excluding carboxylic acids is 1. The average molecular weight is 240 g/mol. The van der Waals surface area contributed by atoms with Gasteiger partial charge in [-0.05, 0) is 12.5 Å². The monoisotopic (exact) mass is 240 g/mol. The molecule has 2 N–H and O–H groups in total. The van der Waals surface area contributed by atoms with Gasteiger partial charge >= 0.3 is 0 Å². The highest BCUT2D eigenvalue weighted by Gasteiger charge is 2.01. The van der Waals surface area contributed by atoms with E-state index in [9.17, 15) is 9.18 Å². The van der Waals surface area contributed by atoms with Crippen molar-refractivity contribution in [2.75, 3.05) is 26.0 Å². The van der Waals surface area contributed by atoms with Crippen LogP contribution in [0.1, 0.15) is 12.8 Å². The van der Waals surface area contributed by atoms with Gasteiger partial charge in [0.1, 0.15) is 11.6 Å². The zero-order valence-corrected chi connectivity index (χ0v) is 10.0. The molecule has 0 bridgehead atoms. The summed E-state index contributed by atoms with van der Waals surface area (Å²) in [4.78, 5) is 11.0. The van der Waals surface area contributed by atoms with E-state index in [4.69, 9.17) is 4.74 Å². The van der Waals surface area contributed by atoms with Crippen molar-refractivity contribution >= 4 is 11.6 Å². The number of rotatable bonds is 6. The van der Waals surface area contributed by atoms with Crippen LogP contribution in [0, 0.1) is 5.82 Å².